The molecule has 2 amide bonds. The minimum atomic E-state index is -3.63. The van der Waals surface area contributed by atoms with Crippen molar-refractivity contribution in [2.24, 2.45) is 0 Å². The quantitative estimate of drug-likeness (QED) is 0.674. The molecule has 0 unspecified atom stereocenters. The number of H-pyrrole nitrogens is 1. The number of para-hydroxylation sites is 1. The number of amides is 2. The van der Waals surface area contributed by atoms with E-state index >= 15 is 0 Å². The first-order valence-corrected chi connectivity index (χ1v) is 12.3. The van der Waals surface area contributed by atoms with Gasteiger partial charge in [-0.15, -0.1) is 0 Å². The molecule has 0 atom stereocenters. The molecule has 1 aromatic carbocycles. The van der Waals surface area contributed by atoms with E-state index in [1.807, 2.05) is 0 Å². The Balaban J connectivity index is 1.75. The lowest BCUT2D eigenvalue weighted by molar-refractivity contribution is 0.102. The Morgan fingerprint density at radius 2 is 1.90 bits per heavy atom. The summed E-state index contributed by atoms with van der Waals surface area (Å²) < 4.78 is 26.9. The van der Waals surface area contributed by atoms with Crippen molar-refractivity contribution in [3.63, 3.8) is 0 Å². The van der Waals surface area contributed by atoms with Crippen molar-refractivity contribution in [2.75, 3.05) is 44.0 Å². The van der Waals surface area contributed by atoms with Crippen LogP contribution in [-0.4, -0.2) is 72.4 Å². The van der Waals surface area contributed by atoms with E-state index in [2.05, 4.69) is 10.3 Å². The third-order valence-corrected chi connectivity index (χ3v) is 8.14. The Morgan fingerprint density at radius 1 is 1.21 bits per heavy atom. The van der Waals surface area contributed by atoms with E-state index in [1.54, 1.807) is 50.1 Å². The second kappa shape index (κ2) is 9.24. The maximum atomic E-state index is 12.7. The Hall–Kier alpha value is -1.95. The Bertz CT molecular complexity index is 998. The monoisotopic (exact) mass is 454 g/mol. The topological polar surface area (TPSA) is 103 Å². The molecular weight excluding hydrogens is 432 g/mol. The molecule has 11 heteroatoms. The van der Waals surface area contributed by atoms with Crippen LogP contribution in [0.1, 0.15) is 10.5 Å². The number of rotatable bonds is 5. The molecule has 1 aliphatic heterocycles. The van der Waals surface area contributed by atoms with Crippen LogP contribution in [0.4, 0.5) is 10.5 Å². The number of carbonyl (C=O) groups is 2. The molecule has 2 N–H and O–H groups in total. The average Bonchev–Trinajstić information content (AvgIpc) is 3.21. The number of nitrogens with one attached hydrogen (secondary N) is 2. The van der Waals surface area contributed by atoms with E-state index in [0.29, 0.717) is 23.7 Å². The summed E-state index contributed by atoms with van der Waals surface area (Å²) in [6, 6.07) is 8.29. The first-order valence-electron chi connectivity index (χ1n) is 8.85. The number of hydrogen-bond donors (Lipinski definition) is 2. The van der Waals surface area contributed by atoms with Gasteiger partial charge in [0, 0.05) is 49.8 Å². The molecule has 29 heavy (non-hydrogen) atoms. The Labute approximate surface area is 178 Å². The van der Waals surface area contributed by atoms with Crippen LogP contribution in [0.5, 0.6) is 0 Å². The van der Waals surface area contributed by atoms with Crippen molar-refractivity contribution in [3.8, 4) is 0 Å². The molecule has 0 aliphatic carbocycles. The van der Waals surface area contributed by atoms with Crippen molar-refractivity contribution in [1.82, 2.24) is 14.2 Å². The largest absolute Gasteiger partial charge is 0.356 e. The van der Waals surface area contributed by atoms with Gasteiger partial charge in [-0.3, -0.25) is 9.59 Å². The van der Waals surface area contributed by atoms with E-state index in [1.165, 1.54) is 21.5 Å². The van der Waals surface area contributed by atoms with Gasteiger partial charge in [-0.25, -0.2) is 8.42 Å². The van der Waals surface area contributed by atoms with Crippen LogP contribution in [0.15, 0.2) is 46.3 Å². The highest BCUT2D eigenvalue weighted by Crippen LogP contribution is 2.29. The zero-order valence-corrected chi connectivity index (χ0v) is 18.5. The maximum absolute atomic E-state index is 12.7. The van der Waals surface area contributed by atoms with Crippen molar-refractivity contribution >= 4 is 50.4 Å². The zero-order valence-electron chi connectivity index (χ0n) is 16.0. The minimum absolute atomic E-state index is 0.0694. The summed E-state index contributed by atoms with van der Waals surface area (Å²) in [5.74, 6) is 1.04. The zero-order chi connectivity index (χ0) is 21.0. The van der Waals surface area contributed by atoms with Gasteiger partial charge in [0.05, 0.1) is 5.69 Å². The predicted molar refractivity (Wildman–Crippen MR) is 116 cm³/mol. The van der Waals surface area contributed by atoms with Crippen LogP contribution in [0.3, 0.4) is 0 Å². The fourth-order valence-electron chi connectivity index (χ4n) is 2.62. The van der Waals surface area contributed by atoms with Crippen LogP contribution >= 0.6 is 23.5 Å². The fourth-order valence-corrected chi connectivity index (χ4v) is 5.94. The SMILES string of the molecule is CN(C)C(=O)Sc1ccccc1NC(=O)c1cc(S(=O)(=O)N2CCSCC2)c[nH]1. The molecule has 1 aromatic heterocycles. The molecule has 2 heterocycles. The average molecular weight is 455 g/mol. The number of thioether (sulfide) groups is 2. The van der Waals surface area contributed by atoms with E-state index in [0.717, 1.165) is 23.3 Å². The summed E-state index contributed by atoms with van der Waals surface area (Å²) in [6.07, 6.45) is 1.34. The van der Waals surface area contributed by atoms with Crippen LogP contribution in [-0.2, 0) is 10.0 Å². The lowest BCUT2D eigenvalue weighted by atomic mass is 10.3. The number of aromatic amines is 1. The van der Waals surface area contributed by atoms with Gasteiger partial charge >= 0.3 is 0 Å². The van der Waals surface area contributed by atoms with Crippen molar-refractivity contribution < 1.29 is 18.0 Å². The Kier molecular flexibility index (Phi) is 6.93. The highest BCUT2D eigenvalue weighted by Gasteiger charge is 2.28. The standard InChI is InChI=1S/C18H22N4O4S3/c1-21(2)18(24)28-16-6-4-3-5-14(16)20-17(23)15-11-13(12-19-15)29(25,26)22-7-9-27-10-8-22/h3-6,11-12,19H,7-10H2,1-2H3,(H,20,23). The lowest BCUT2D eigenvalue weighted by Gasteiger charge is -2.24. The van der Waals surface area contributed by atoms with Crippen molar-refractivity contribution in [3.05, 3.63) is 42.2 Å². The minimum Gasteiger partial charge on any atom is -0.356 e. The lowest BCUT2D eigenvalue weighted by Crippen LogP contribution is -2.37. The van der Waals surface area contributed by atoms with E-state index in [9.17, 15) is 18.0 Å². The second-order valence-corrected chi connectivity index (χ2v) is 10.6. The molecule has 2 aromatic rings. The fraction of sp³-hybridized carbons (Fsp3) is 0.333. The third-order valence-electron chi connectivity index (χ3n) is 4.21. The smallest absolute Gasteiger partial charge is 0.286 e. The second-order valence-electron chi connectivity index (χ2n) is 6.48. The number of sulfonamides is 1. The molecule has 1 aliphatic rings. The number of hydrogen-bond acceptors (Lipinski definition) is 6. The molecule has 0 radical (unpaired) electrons. The first kappa shape index (κ1) is 21.8. The van der Waals surface area contributed by atoms with Gasteiger partial charge in [-0.1, -0.05) is 12.1 Å². The molecule has 0 spiro atoms. The van der Waals surface area contributed by atoms with Gasteiger partial charge in [0.1, 0.15) is 10.6 Å². The summed E-state index contributed by atoms with van der Waals surface area (Å²) in [5, 5.41) is 2.57. The van der Waals surface area contributed by atoms with E-state index < -0.39 is 15.9 Å². The number of aromatic nitrogens is 1. The highest BCUT2D eigenvalue weighted by molar-refractivity contribution is 8.13. The molecule has 8 nitrogen and oxygen atoms in total. The van der Waals surface area contributed by atoms with Gasteiger partial charge in [0.25, 0.3) is 11.1 Å². The summed E-state index contributed by atoms with van der Waals surface area (Å²) in [4.78, 5) is 29.5. The van der Waals surface area contributed by atoms with Crippen LogP contribution < -0.4 is 5.32 Å². The molecule has 156 valence electrons. The summed E-state index contributed by atoms with van der Waals surface area (Å²) in [5.41, 5.74) is 0.610. The summed E-state index contributed by atoms with van der Waals surface area (Å²) >= 11 is 2.72. The summed E-state index contributed by atoms with van der Waals surface area (Å²) in [6.45, 7) is 0.925. The number of anilines is 1. The predicted octanol–water partition coefficient (Wildman–Crippen LogP) is 2.78. The molecular formula is C18H22N4O4S3. The van der Waals surface area contributed by atoms with Gasteiger partial charge in [0.2, 0.25) is 10.0 Å². The van der Waals surface area contributed by atoms with Gasteiger partial charge in [-0.2, -0.15) is 16.1 Å². The highest BCUT2D eigenvalue weighted by atomic mass is 32.2. The third kappa shape index (κ3) is 5.16. The van der Waals surface area contributed by atoms with E-state index in [4.69, 9.17) is 0 Å². The number of benzene rings is 1. The normalized spacial score (nSPS) is 15.1. The van der Waals surface area contributed by atoms with Crippen LogP contribution in [0.2, 0.25) is 0 Å². The van der Waals surface area contributed by atoms with Gasteiger partial charge in [-0.05, 0) is 30.0 Å². The van der Waals surface area contributed by atoms with Crippen molar-refractivity contribution in [1.29, 1.82) is 0 Å². The molecule has 1 fully saturated rings. The molecule has 1 saturated heterocycles. The number of nitrogens with zero attached hydrogens (tertiary/aromatic N) is 2. The van der Waals surface area contributed by atoms with Crippen LogP contribution in [0, 0.1) is 0 Å². The van der Waals surface area contributed by atoms with E-state index in [-0.39, 0.29) is 15.8 Å². The maximum Gasteiger partial charge on any atom is 0.286 e. The summed E-state index contributed by atoms with van der Waals surface area (Å²) in [7, 11) is -0.324. The molecule has 0 bridgehead atoms. The molecule has 0 saturated carbocycles. The van der Waals surface area contributed by atoms with Gasteiger partial charge in [0.15, 0.2) is 0 Å². The molecule has 3 rings (SSSR count). The van der Waals surface area contributed by atoms with Crippen LogP contribution in [0.25, 0.3) is 0 Å². The Morgan fingerprint density at radius 3 is 2.59 bits per heavy atom. The van der Waals surface area contributed by atoms with Gasteiger partial charge < -0.3 is 15.2 Å². The first-order chi connectivity index (χ1) is 13.8. The number of carbonyl (C=O) groups excluding carboxylic acids is 2. The van der Waals surface area contributed by atoms with Crippen molar-refractivity contribution in [2.45, 2.75) is 9.79 Å².